The number of hydrogen-bond acceptors (Lipinski definition) is 5. The molecule has 2 aliphatic rings. The summed E-state index contributed by atoms with van der Waals surface area (Å²) in [4.78, 5) is 2.68. The summed E-state index contributed by atoms with van der Waals surface area (Å²) in [5, 5.41) is 0. The molecule has 0 bridgehead atoms. The minimum Gasteiger partial charge on any atom is -0.497 e. The maximum atomic E-state index is 13.0. The van der Waals surface area contributed by atoms with E-state index in [4.69, 9.17) is 9.47 Å². The molecule has 1 aromatic rings. The maximum Gasteiger partial charge on any atom is 0.246 e. The number of nitrogens with zero attached hydrogens (tertiary/aromatic N) is 2. The quantitative estimate of drug-likeness (QED) is 0.798. The van der Waals surface area contributed by atoms with E-state index < -0.39 is 10.0 Å². The SMILES string of the molecule is COc1ccc(S(=O)(=O)N2CCN(C3CCCCC3)CC2)c(OC)c1. The smallest absolute Gasteiger partial charge is 0.246 e. The highest BCUT2D eigenvalue weighted by atomic mass is 32.2. The zero-order chi connectivity index (χ0) is 17.9. The minimum absolute atomic E-state index is 0.210. The highest BCUT2D eigenvalue weighted by Gasteiger charge is 2.33. The van der Waals surface area contributed by atoms with Crippen LogP contribution in [0.3, 0.4) is 0 Å². The van der Waals surface area contributed by atoms with Gasteiger partial charge in [-0.2, -0.15) is 4.31 Å². The van der Waals surface area contributed by atoms with Gasteiger partial charge in [-0.1, -0.05) is 19.3 Å². The number of piperazine rings is 1. The molecule has 1 aliphatic carbocycles. The molecular weight excluding hydrogens is 340 g/mol. The van der Waals surface area contributed by atoms with Crippen LogP contribution in [-0.2, 0) is 10.0 Å². The average molecular weight is 368 g/mol. The molecule has 1 saturated carbocycles. The van der Waals surface area contributed by atoms with Crippen molar-refractivity contribution in [3.63, 3.8) is 0 Å². The zero-order valence-corrected chi connectivity index (χ0v) is 15.9. The Labute approximate surface area is 150 Å². The Morgan fingerprint density at radius 1 is 0.960 bits per heavy atom. The van der Waals surface area contributed by atoms with Gasteiger partial charge in [-0.25, -0.2) is 8.42 Å². The molecule has 3 rings (SSSR count). The van der Waals surface area contributed by atoms with Crippen molar-refractivity contribution >= 4 is 10.0 Å². The van der Waals surface area contributed by atoms with Crippen molar-refractivity contribution in [2.45, 2.75) is 43.0 Å². The second-order valence-corrected chi connectivity index (χ2v) is 8.66. The molecule has 2 fully saturated rings. The third kappa shape index (κ3) is 3.93. The van der Waals surface area contributed by atoms with Crippen LogP contribution in [-0.4, -0.2) is 64.1 Å². The Morgan fingerprint density at radius 2 is 1.64 bits per heavy atom. The second kappa shape index (κ2) is 7.93. The zero-order valence-electron chi connectivity index (χ0n) is 15.1. The monoisotopic (exact) mass is 368 g/mol. The highest BCUT2D eigenvalue weighted by molar-refractivity contribution is 7.89. The first-order valence-electron chi connectivity index (χ1n) is 9.02. The fraction of sp³-hybridized carbons (Fsp3) is 0.667. The lowest BCUT2D eigenvalue weighted by Crippen LogP contribution is -2.52. The molecule has 0 atom stereocenters. The van der Waals surface area contributed by atoms with Crippen molar-refractivity contribution in [2.24, 2.45) is 0 Å². The van der Waals surface area contributed by atoms with Gasteiger partial charge in [0.05, 0.1) is 14.2 Å². The Kier molecular flexibility index (Phi) is 5.86. The average Bonchev–Trinajstić information content (AvgIpc) is 2.68. The van der Waals surface area contributed by atoms with Crippen molar-refractivity contribution in [2.75, 3.05) is 40.4 Å². The van der Waals surface area contributed by atoms with Crippen molar-refractivity contribution in [1.82, 2.24) is 9.21 Å². The molecule has 1 aromatic carbocycles. The minimum atomic E-state index is -3.56. The predicted molar refractivity (Wildman–Crippen MR) is 96.8 cm³/mol. The molecule has 1 saturated heterocycles. The Hall–Kier alpha value is -1.31. The summed E-state index contributed by atoms with van der Waals surface area (Å²) in [6, 6.07) is 5.48. The molecule has 7 heteroatoms. The molecule has 0 amide bonds. The van der Waals surface area contributed by atoms with E-state index in [1.807, 2.05) is 0 Å². The fourth-order valence-corrected chi connectivity index (χ4v) is 5.44. The Balaban J connectivity index is 1.71. The third-order valence-electron chi connectivity index (χ3n) is 5.35. The molecule has 1 heterocycles. The van der Waals surface area contributed by atoms with E-state index in [0.717, 1.165) is 13.1 Å². The molecule has 0 aromatic heterocycles. The van der Waals surface area contributed by atoms with Crippen LogP contribution in [0.25, 0.3) is 0 Å². The number of hydrogen-bond donors (Lipinski definition) is 0. The van der Waals surface area contributed by atoms with Gasteiger partial charge in [0, 0.05) is 38.3 Å². The highest BCUT2D eigenvalue weighted by Crippen LogP contribution is 2.31. The first-order valence-corrected chi connectivity index (χ1v) is 10.5. The summed E-state index contributed by atoms with van der Waals surface area (Å²) in [7, 11) is -0.528. The van der Waals surface area contributed by atoms with E-state index in [1.54, 1.807) is 29.6 Å². The van der Waals surface area contributed by atoms with E-state index in [0.29, 0.717) is 30.6 Å². The molecule has 0 unspecified atom stereocenters. The number of methoxy groups -OCH3 is 2. The number of rotatable bonds is 5. The summed E-state index contributed by atoms with van der Waals surface area (Å²) in [5.41, 5.74) is 0. The normalized spacial score (nSPS) is 21.2. The lowest BCUT2D eigenvalue weighted by atomic mass is 9.94. The van der Waals surface area contributed by atoms with Crippen LogP contribution in [0.15, 0.2) is 23.1 Å². The van der Waals surface area contributed by atoms with E-state index in [9.17, 15) is 8.42 Å². The van der Waals surface area contributed by atoms with E-state index in [1.165, 1.54) is 39.2 Å². The standard InChI is InChI=1S/C18H28N2O4S/c1-23-16-8-9-18(17(14-16)24-2)25(21,22)20-12-10-19(11-13-20)15-6-4-3-5-7-15/h8-9,14-15H,3-7,10-13H2,1-2H3. The van der Waals surface area contributed by atoms with Gasteiger partial charge < -0.3 is 9.47 Å². The van der Waals surface area contributed by atoms with Crippen LogP contribution in [0.4, 0.5) is 0 Å². The van der Waals surface area contributed by atoms with Crippen LogP contribution in [0, 0.1) is 0 Å². The Bertz CT molecular complexity index is 678. The van der Waals surface area contributed by atoms with Crippen molar-refractivity contribution in [3.05, 3.63) is 18.2 Å². The molecule has 0 radical (unpaired) electrons. The predicted octanol–water partition coefficient (Wildman–Crippen LogP) is 2.34. The van der Waals surface area contributed by atoms with E-state index in [-0.39, 0.29) is 4.90 Å². The maximum absolute atomic E-state index is 13.0. The van der Waals surface area contributed by atoms with Gasteiger partial charge in [-0.05, 0) is 25.0 Å². The second-order valence-electron chi connectivity index (χ2n) is 6.75. The summed E-state index contributed by atoms with van der Waals surface area (Å²) in [5.74, 6) is 0.909. The molecule has 140 valence electrons. The van der Waals surface area contributed by atoms with Gasteiger partial charge in [-0.3, -0.25) is 4.90 Å². The number of sulfonamides is 1. The first-order chi connectivity index (χ1) is 12.1. The van der Waals surface area contributed by atoms with Crippen molar-refractivity contribution in [3.8, 4) is 11.5 Å². The van der Waals surface area contributed by atoms with Gasteiger partial charge in [0.1, 0.15) is 16.4 Å². The van der Waals surface area contributed by atoms with Gasteiger partial charge in [0.15, 0.2) is 0 Å². The lowest BCUT2D eigenvalue weighted by Gasteiger charge is -2.40. The molecule has 1 aliphatic heterocycles. The molecule has 0 spiro atoms. The largest absolute Gasteiger partial charge is 0.497 e. The van der Waals surface area contributed by atoms with Gasteiger partial charge in [0.2, 0.25) is 10.0 Å². The summed E-state index contributed by atoms with van der Waals surface area (Å²) < 4.78 is 38.1. The van der Waals surface area contributed by atoms with Crippen LogP contribution < -0.4 is 9.47 Å². The third-order valence-corrected chi connectivity index (χ3v) is 7.29. The molecule has 6 nitrogen and oxygen atoms in total. The lowest BCUT2D eigenvalue weighted by molar-refractivity contribution is 0.111. The van der Waals surface area contributed by atoms with E-state index in [2.05, 4.69) is 4.90 Å². The van der Waals surface area contributed by atoms with E-state index >= 15 is 0 Å². The summed E-state index contributed by atoms with van der Waals surface area (Å²) in [6.07, 6.45) is 6.43. The fourth-order valence-electron chi connectivity index (χ4n) is 3.88. The van der Waals surface area contributed by atoms with Crippen LogP contribution in [0.5, 0.6) is 11.5 Å². The van der Waals surface area contributed by atoms with Gasteiger partial charge >= 0.3 is 0 Å². The number of benzene rings is 1. The molecular formula is C18H28N2O4S. The summed E-state index contributed by atoms with van der Waals surface area (Å²) in [6.45, 7) is 2.69. The van der Waals surface area contributed by atoms with Gasteiger partial charge in [0.25, 0.3) is 0 Å². The Morgan fingerprint density at radius 3 is 2.24 bits per heavy atom. The number of ether oxygens (including phenoxy) is 2. The van der Waals surface area contributed by atoms with Crippen molar-refractivity contribution in [1.29, 1.82) is 0 Å². The first kappa shape index (κ1) is 18.5. The summed E-state index contributed by atoms with van der Waals surface area (Å²) >= 11 is 0. The molecule has 0 N–H and O–H groups in total. The molecule has 25 heavy (non-hydrogen) atoms. The van der Waals surface area contributed by atoms with Crippen LogP contribution in [0.2, 0.25) is 0 Å². The van der Waals surface area contributed by atoms with Crippen LogP contribution in [0.1, 0.15) is 32.1 Å². The van der Waals surface area contributed by atoms with Gasteiger partial charge in [-0.15, -0.1) is 0 Å². The van der Waals surface area contributed by atoms with Crippen molar-refractivity contribution < 1.29 is 17.9 Å². The van der Waals surface area contributed by atoms with Crippen LogP contribution >= 0.6 is 0 Å². The topological polar surface area (TPSA) is 59.1 Å².